The van der Waals surface area contributed by atoms with Gasteiger partial charge < -0.3 is 10.8 Å². The molecule has 16 heavy (non-hydrogen) atoms. The summed E-state index contributed by atoms with van der Waals surface area (Å²) in [7, 11) is 0. The molecule has 0 saturated carbocycles. The summed E-state index contributed by atoms with van der Waals surface area (Å²) in [5, 5.41) is 8.06. The molecule has 0 heterocycles. The summed E-state index contributed by atoms with van der Waals surface area (Å²) in [6.07, 6.45) is -0.233. The molecular weight excluding hydrogens is 240 g/mol. The van der Waals surface area contributed by atoms with Crippen molar-refractivity contribution in [2.24, 2.45) is 5.73 Å². The van der Waals surface area contributed by atoms with E-state index in [0.29, 0.717) is 0 Å². The normalized spacial score (nSPS) is 12.5. The van der Waals surface area contributed by atoms with Crippen molar-refractivity contribution in [2.75, 3.05) is 0 Å². The van der Waals surface area contributed by atoms with Crippen molar-refractivity contribution in [3.63, 3.8) is 0 Å². The van der Waals surface area contributed by atoms with Crippen molar-refractivity contribution < 1.29 is 18.7 Å². The molecule has 0 aliphatic heterocycles. The fraction of sp³-hybridized carbons (Fsp3) is 0.300. The molecule has 0 aromatic heterocycles. The molecular formula is C10H10ClF2NO2. The van der Waals surface area contributed by atoms with E-state index in [1.54, 1.807) is 0 Å². The molecule has 1 rings (SSSR count). The topological polar surface area (TPSA) is 63.3 Å². The number of nitrogens with two attached hydrogens (primary N) is 1. The minimum atomic E-state index is -1.05. The van der Waals surface area contributed by atoms with E-state index in [1.807, 2.05) is 0 Å². The van der Waals surface area contributed by atoms with Crippen molar-refractivity contribution in [1.29, 1.82) is 0 Å². The first kappa shape index (κ1) is 12.9. The summed E-state index contributed by atoms with van der Waals surface area (Å²) in [5.74, 6) is -2.56. The van der Waals surface area contributed by atoms with Gasteiger partial charge in [-0.1, -0.05) is 11.6 Å². The zero-order valence-electron chi connectivity index (χ0n) is 8.21. The lowest BCUT2D eigenvalue weighted by Gasteiger charge is -2.13. The Morgan fingerprint density at radius 1 is 1.44 bits per heavy atom. The van der Waals surface area contributed by atoms with Crippen LogP contribution in [-0.2, 0) is 4.79 Å². The monoisotopic (exact) mass is 249 g/mol. The van der Waals surface area contributed by atoms with Crippen molar-refractivity contribution in [3.05, 3.63) is 34.4 Å². The van der Waals surface area contributed by atoms with Crippen molar-refractivity contribution in [1.82, 2.24) is 0 Å². The molecule has 0 amide bonds. The lowest BCUT2D eigenvalue weighted by atomic mass is 10.0. The Morgan fingerprint density at radius 3 is 2.56 bits per heavy atom. The fourth-order valence-electron chi connectivity index (χ4n) is 1.31. The summed E-state index contributed by atoms with van der Waals surface area (Å²) in [6.45, 7) is 0. The molecule has 3 N–H and O–H groups in total. The van der Waals surface area contributed by atoms with Crippen molar-refractivity contribution in [2.45, 2.75) is 18.9 Å². The van der Waals surface area contributed by atoms with Crippen LogP contribution in [0.2, 0.25) is 5.02 Å². The van der Waals surface area contributed by atoms with Crippen molar-refractivity contribution >= 4 is 17.6 Å². The van der Waals surface area contributed by atoms with Crippen LogP contribution in [0, 0.1) is 11.6 Å². The van der Waals surface area contributed by atoms with Gasteiger partial charge in [0.15, 0.2) is 0 Å². The number of carbonyl (C=O) groups is 1. The first-order valence-corrected chi connectivity index (χ1v) is 4.92. The molecule has 1 atom stereocenters. The SMILES string of the molecule is NC(CCC(=O)O)c1c(F)ccc(F)c1Cl. The predicted octanol–water partition coefficient (Wildman–Crippen LogP) is 2.48. The highest BCUT2D eigenvalue weighted by molar-refractivity contribution is 6.31. The van der Waals surface area contributed by atoms with Crippen LogP contribution in [0.3, 0.4) is 0 Å². The van der Waals surface area contributed by atoms with E-state index < -0.39 is 28.7 Å². The minimum Gasteiger partial charge on any atom is -0.481 e. The average Bonchev–Trinajstić information content (AvgIpc) is 2.21. The van der Waals surface area contributed by atoms with E-state index in [1.165, 1.54) is 0 Å². The third-order valence-electron chi connectivity index (χ3n) is 2.12. The number of carboxylic acids is 1. The van der Waals surface area contributed by atoms with Crippen LogP contribution in [0.5, 0.6) is 0 Å². The van der Waals surface area contributed by atoms with Crippen molar-refractivity contribution in [3.8, 4) is 0 Å². The Hall–Kier alpha value is -1.20. The van der Waals surface area contributed by atoms with Gasteiger partial charge in [0.2, 0.25) is 0 Å². The second kappa shape index (κ2) is 5.23. The molecule has 88 valence electrons. The first-order valence-electron chi connectivity index (χ1n) is 4.54. The average molecular weight is 250 g/mol. The molecule has 6 heteroatoms. The van der Waals surface area contributed by atoms with Gasteiger partial charge in [-0.2, -0.15) is 0 Å². The number of halogens is 3. The molecule has 3 nitrogen and oxygen atoms in total. The summed E-state index contributed by atoms with van der Waals surface area (Å²) >= 11 is 5.57. The highest BCUT2D eigenvalue weighted by Gasteiger charge is 2.19. The van der Waals surface area contributed by atoms with Gasteiger partial charge in [-0.25, -0.2) is 8.78 Å². The smallest absolute Gasteiger partial charge is 0.303 e. The maximum absolute atomic E-state index is 13.3. The van der Waals surface area contributed by atoms with E-state index in [0.717, 1.165) is 12.1 Å². The Bertz CT molecular complexity index is 412. The second-order valence-corrected chi connectivity index (χ2v) is 3.67. The first-order chi connectivity index (χ1) is 7.43. The van der Waals surface area contributed by atoms with E-state index in [-0.39, 0.29) is 18.4 Å². The molecule has 0 aliphatic rings. The van der Waals surface area contributed by atoms with Gasteiger partial charge in [0.05, 0.1) is 5.02 Å². The zero-order valence-corrected chi connectivity index (χ0v) is 8.97. The molecule has 1 aromatic rings. The Kier molecular flexibility index (Phi) is 4.20. The summed E-state index contributed by atoms with van der Waals surface area (Å²) < 4.78 is 26.4. The lowest BCUT2D eigenvalue weighted by Crippen LogP contribution is -2.15. The molecule has 0 spiro atoms. The maximum Gasteiger partial charge on any atom is 0.303 e. The van der Waals surface area contributed by atoms with Crippen LogP contribution in [0.1, 0.15) is 24.4 Å². The number of hydrogen-bond acceptors (Lipinski definition) is 2. The highest BCUT2D eigenvalue weighted by Crippen LogP contribution is 2.29. The third-order valence-corrected chi connectivity index (χ3v) is 2.50. The fourth-order valence-corrected chi connectivity index (χ4v) is 1.60. The number of hydrogen-bond donors (Lipinski definition) is 2. The summed E-state index contributed by atoms with van der Waals surface area (Å²) in [6, 6.07) is 0.877. The van der Waals surface area contributed by atoms with Crippen LogP contribution >= 0.6 is 11.6 Å². The quantitative estimate of drug-likeness (QED) is 0.806. The van der Waals surface area contributed by atoms with Gasteiger partial charge in [-0.05, 0) is 18.6 Å². The number of benzene rings is 1. The predicted molar refractivity (Wildman–Crippen MR) is 55.2 cm³/mol. The van der Waals surface area contributed by atoms with E-state index in [4.69, 9.17) is 22.4 Å². The van der Waals surface area contributed by atoms with Crippen LogP contribution in [-0.4, -0.2) is 11.1 Å². The standard InChI is InChI=1S/C10H10ClF2NO2/c11-10-6(13)2-1-5(12)9(10)7(14)3-4-8(15)16/h1-2,7H,3-4,14H2,(H,15,16). The van der Waals surface area contributed by atoms with Gasteiger partial charge in [0.1, 0.15) is 11.6 Å². The summed E-state index contributed by atoms with van der Waals surface area (Å²) in [4.78, 5) is 10.3. The largest absolute Gasteiger partial charge is 0.481 e. The lowest BCUT2D eigenvalue weighted by molar-refractivity contribution is -0.137. The highest BCUT2D eigenvalue weighted by atomic mass is 35.5. The maximum atomic E-state index is 13.3. The van der Waals surface area contributed by atoms with E-state index in [2.05, 4.69) is 0 Å². The molecule has 1 aromatic carbocycles. The molecule has 0 aliphatic carbocycles. The van der Waals surface area contributed by atoms with Crippen LogP contribution in [0.15, 0.2) is 12.1 Å². The Balaban J connectivity index is 2.94. The van der Waals surface area contributed by atoms with Crippen LogP contribution in [0.25, 0.3) is 0 Å². The third kappa shape index (κ3) is 2.90. The van der Waals surface area contributed by atoms with Crippen LogP contribution < -0.4 is 5.73 Å². The Labute approximate surface area is 95.8 Å². The van der Waals surface area contributed by atoms with E-state index >= 15 is 0 Å². The Morgan fingerprint density at radius 2 is 2.00 bits per heavy atom. The van der Waals surface area contributed by atoms with Gasteiger partial charge >= 0.3 is 5.97 Å². The zero-order chi connectivity index (χ0) is 12.3. The molecule has 1 unspecified atom stereocenters. The number of carboxylic acid groups (broad SMARTS) is 1. The number of aliphatic carboxylic acids is 1. The molecule has 0 radical (unpaired) electrons. The van der Waals surface area contributed by atoms with Gasteiger partial charge in [0.25, 0.3) is 0 Å². The minimum absolute atomic E-state index is 0.00454. The molecule has 0 fully saturated rings. The van der Waals surface area contributed by atoms with Gasteiger partial charge in [-0.3, -0.25) is 4.79 Å². The molecule has 0 bridgehead atoms. The van der Waals surface area contributed by atoms with Gasteiger partial charge in [-0.15, -0.1) is 0 Å². The second-order valence-electron chi connectivity index (χ2n) is 3.30. The molecule has 0 saturated heterocycles. The summed E-state index contributed by atoms with van der Waals surface area (Å²) in [5.41, 5.74) is 5.38. The van der Waals surface area contributed by atoms with E-state index in [9.17, 15) is 13.6 Å². The van der Waals surface area contributed by atoms with Crippen LogP contribution in [0.4, 0.5) is 8.78 Å². The van der Waals surface area contributed by atoms with Gasteiger partial charge in [0, 0.05) is 18.0 Å². The number of rotatable bonds is 4.